The lowest BCUT2D eigenvalue weighted by Gasteiger charge is -2.39. The molecule has 1 saturated heterocycles. The Bertz CT molecular complexity index is 862. The number of nitrogens with zero attached hydrogens (tertiary/aromatic N) is 2. The molecule has 0 bridgehead atoms. The van der Waals surface area contributed by atoms with Gasteiger partial charge >= 0.3 is 5.97 Å². The largest absolute Gasteiger partial charge is 0.458 e. The quantitative estimate of drug-likeness (QED) is 0.344. The van der Waals surface area contributed by atoms with Crippen molar-refractivity contribution in [2.45, 2.75) is 32.4 Å². The molecule has 1 aliphatic heterocycles. The van der Waals surface area contributed by atoms with E-state index in [-0.39, 0.29) is 18.6 Å². The molecule has 1 fully saturated rings. The third-order valence-corrected chi connectivity index (χ3v) is 5.89. The molecule has 6 nitrogen and oxygen atoms in total. The van der Waals surface area contributed by atoms with Crippen LogP contribution in [0.3, 0.4) is 0 Å². The number of benzene rings is 2. The molecule has 0 aromatic heterocycles. The monoisotopic (exact) mass is 488 g/mol. The molecule has 0 aliphatic carbocycles. The van der Waals surface area contributed by atoms with Gasteiger partial charge in [-0.2, -0.15) is 0 Å². The standard InChI is InChI=1S/C27H37ClN2O4/c1-27(2,3)34-25(31)21-33-20-19-32-18-17-29-13-15-30(16-14-29)26(22-7-5-4-6-8-22)23-9-11-24(28)12-10-23/h4-12,26H,13-21H2,1-3H3. The highest BCUT2D eigenvalue weighted by molar-refractivity contribution is 6.30. The lowest BCUT2D eigenvalue weighted by molar-refractivity contribution is -0.160. The van der Waals surface area contributed by atoms with Crippen LogP contribution < -0.4 is 0 Å². The number of carbonyl (C=O) groups is 1. The van der Waals surface area contributed by atoms with E-state index in [1.807, 2.05) is 32.9 Å². The first-order chi connectivity index (χ1) is 16.3. The fourth-order valence-electron chi connectivity index (χ4n) is 4.08. The summed E-state index contributed by atoms with van der Waals surface area (Å²) in [6.45, 7) is 11.8. The molecule has 0 amide bonds. The Labute approximate surface area is 208 Å². The van der Waals surface area contributed by atoms with Crippen LogP contribution in [0, 0.1) is 0 Å². The normalized spacial score (nSPS) is 16.4. The Morgan fingerprint density at radius 2 is 1.50 bits per heavy atom. The van der Waals surface area contributed by atoms with Gasteiger partial charge in [0.1, 0.15) is 12.2 Å². The number of piperazine rings is 1. The number of halogens is 1. The molecule has 1 aliphatic rings. The first kappa shape index (κ1) is 26.6. The van der Waals surface area contributed by atoms with Gasteiger partial charge in [0.2, 0.25) is 0 Å². The summed E-state index contributed by atoms with van der Waals surface area (Å²) in [7, 11) is 0. The maximum absolute atomic E-state index is 11.6. The topological polar surface area (TPSA) is 51.2 Å². The van der Waals surface area contributed by atoms with Crippen molar-refractivity contribution in [2.24, 2.45) is 0 Å². The van der Waals surface area contributed by atoms with Crippen molar-refractivity contribution in [3.05, 3.63) is 70.7 Å². The van der Waals surface area contributed by atoms with Crippen LogP contribution in [0.1, 0.15) is 37.9 Å². The van der Waals surface area contributed by atoms with Crippen molar-refractivity contribution in [3.63, 3.8) is 0 Å². The Morgan fingerprint density at radius 3 is 2.15 bits per heavy atom. The fourth-order valence-corrected chi connectivity index (χ4v) is 4.21. The van der Waals surface area contributed by atoms with Crippen molar-refractivity contribution >= 4 is 17.6 Å². The van der Waals surface area contributed by atoms with Crippen LogP contribution >= 0.6 is 11.6 Å². The van der Waals surface area contributed by atoms with E-state index in [0.717, 1.165) is 37.7 Å². The zero-order valence-corrected chi connectivity index (χ0v) is 21.3. The highest BCUT2D eigenvalue weighted by Gasteiger charge is 2.26. The minimum Gasteiger partial charge on any atom is -0.458 e. The van der Waals surface area contributed by atoms with Crippen LogP contribution in [0.15, 0.2) is 54.6 Å². The molecule has 1 unspecified atom stereocenters. The van der Waals surface area contributed by atoms with Gasteiger partial charge in [0, 0.05) is 37.7 Å². The van der Waals surface area contributed by atoms with E-state index >= 15 is 0 Å². The van der Waals surface area contributed by atoms with E-state index < -0.39 is 5.60 Å². The smallest absolute Gasteiger partial charge is 0.332 e. The summed E-state index contributed by atoms with van der Waals surface area (Å²) in [4.78, 5) is 16.6. The fraction of sp³-hybridized carbons (Fsp3) is 0.519. The number of hydrogen-bond acceptors (Lipinski definition) is 6. The first-order valence-electron chi connectivity index (χ1n) is 12.0. The first-order valence-corrected chi connectivity index (χ1v) is 12.3. The summed E-state index contributed by atoms with van der Waals surface area (Å²) < 4.78 is 16.2. The van der Waals surface area contributed by atoms with Gasteiger partial charge in [-0.3, -0.25) is 9.80 Å². The average molecular weight is 489 g/mol. The number of esters is 1. The second-order valence-corrected chi connectivity index (χ2v) is 9.93. The van der Waals surface area contributed by atoms with E-state index in [0.29, 0.717) is 19.8 Å². The molecular weight excluding hydrogens is 452 g/mol. The molecule has 2 aromatic carbocycles. The molecule has 7 heteroatoms. The molecule has 34 heavy (non-hydrogen) atoms. The van der Waals surface area contributed by atoms with E-state index in [2.05, 4.69) is 52.3 Å². The van der Waals surface area contributed by atoms with Crippen LogP contribution in [0.5, 0.6) is 0 Å². The number of rotatable bonds is 11. The summed E-state index contributed by atoms with van der Waals surface area (Å²) in [5.74, 6) is -0.349. The lowest BCUT2D eigenvalue weighted by atomic mass is 9.96. The van der Waals surface area contributed by atoms with Crippen molar-refractivity contribution in [2.75, 3.05) is 59.2 Å². The van der Waals surface area contributed by atoms with Crippen molar-refractivity contribution in [1.82, 2.24) is 9.80 Å². The molecule has 0 N–H and O–H groups in total. The predicted molar refractivity (Wildman–Crippen MR) is 135 cm³/mol. The molecule has 0 spiro atoms. The second-order valence-electron chi connectivity index (χ2n) is 9.49. The van der Waals surface area contributed by atoms with Crippen molar-refractivity contribution < 1.29 is 19.0 Å². The molecule has 2 aromatic rings. The molecule has 1 heterocycles. The van der Waals surface area contributed by atoms with Gasteiger partial charge in [0.05, 0.1) is 25.9 Å². The predicted octanol–water partition coefficient (Wildman–Crippen LogP) is 4.42. The molecule has 0 saturated carbocycles. The lowest BCUT2D eigenvalue weighted by Crippen LogP contribution is -2.48. The van der Waals surface area contributed by atoms with Gasteiger partial charge in [-0.05, 0) is 44.0 Å². The maximum atomic E-state index is 11.6. The molecule has 3 rings (SSSR count). The number of hydrogen-bond donors (Lipinski definition) is 0. The van der Waals surface area contributed by atoms with Crippen molar-refractivity contribution in [1.29, 1.82) is 0 Å². The van der Waals surface area contributed by atoms with Crippen LogP contribution in [0.25, 0.3) is 0 Å². The minimum absolute atomic E-state index is 0.0429. The number of carbonyl (C=O) groups excluding carboxylic acids is 1. The van der Waals surface area contributed by atoms with E-state index in [4.69, 9.17) is 25.8 Å². The number of ether oxygens (including phenoxy) is 3. The Balaban J connectivity index is 1.38. The zero-order valence-electron chi connectivity index (χ0n) is 20.5. The van der Waals surface area contributed by atoms with E-state index in [9.17, 15) is 4.79 Å². The highest BCUT2D eigenvalue weighted by atomic mass is 35.5. The summed E-state index contributed by atoms with van der Waals surface area (Å²) in [6, 6.07) is 19.1. The van der Waals surface area contributed by atoms with Crippen LogP contribution in [0.2, 0.25) is 5.02 Å². The highest BCUT2D eigenvalue weighted by Crippen LogP contribution is 2.30. The summed E-state index contributed by atoms with van der Waals surface area (Å²) in [6.07, 6.45) is 0. The third-order valence-electron chi connectivity index (χ3n) is 5.64. The SMILES string of the molecule is CC(C)(C)OC(=O)COCCOCCN1CCN(C(c2ccccc2)c2ccc(Cl)cc2)CC1. The minimum atomic E-state index is -0.489. The maximum Gasteiger partial charge on any atom is 0.332 e. The Kier molecular flexibility index (Phi) is 10.4. The third kappa shape index (κ3) is 9.01. The van der Waals surface area contributed by atoms with Crippen LogP contribution in [-0.4, -0.2) is 80.5 Å². The molecule has 1 atom stereocenters. The van der Waals surface area contributed by atoms with Crippen molar-refractivity contribution in [3.8, 4) is 0 Å². The second kappa shape index (κ2) is 13.2. The molecular formula is C27H37ClN2O4. The van der Waals surface area contributed by atoms with E-state index in [1.165, 1.54) is 11.1 Å². The van der Waals surface area contributed by atoms with Gasteiger partial charge in [0.25, 0.3) is 0 Å². The average Bonchev–Trinajstić information content (AvgIpc) is 2.80. The van der Waals surface area contributed by atoms with Gasteiger partial charge in [-0.1, -0.05) is 54.1 Å². The van der Waals surface area contributed by atoms with Gasteiger partial charge < -0.3 is 14.2 Å². The molecule has 0 radical (unpaired) electrons. The Hall–Kier alpha value is -1.96. The zero-order chi connectivity index (χ0) is 24.4. The summed E-state index contributed by atoms with van der Waals surface area (Å²) in [5.41, 5.74) is 2.07. The summed E-state index contributed by atoms with van der Waals surface area (Å²) in [5, 5.41) is 0.760. The van der Waals surface area contributed by atoms with Crippen LogP contribution in [-0.2, 0) is 19.0 Å². The van der Waals surface area contributed by atoms with Gasteiger partial charge in [0.15, 0.2) is 0 Å². The van der Waals surface area contributed by atoms with Gasteiger partial charge in [-0.25, -0.2) is 4.79 Å². The Morgan fingerprint density at radius 1 is 0.882 bits per heavy atom. The van der Waals surface area contributed by atoms with Crippen LogP contribution in [0.4, 0.5) is 0 Å². The van der Waals surface area contributed by atoms with E-state index in [1.54, 1.807) is 0 Å². The summed E-state index contributed by atoms with van der Waals surface area (Å²) >= 11 is 6.13. The molecule has 186 valence electrons. The van der Waals surface area contributed by atoms with Gasteiger partial charge in [-0.15, -0.1) is 0 Å².